The Balaban J connectivity index is 1.55. The van der Waals surface area contributed by atoms with Crippen LogP contribution in [0.1, 0.15) is 10.4 Å². The number of para-hydroxylation sites is 1. The van der Waals surface area contributed by atoms with Gasteiger partial charge in [0, 0.05) is 35.7 Å². The number of anilines is 1. The molecule has 1 aliphatic rings. The number of rotatable bonds is 7. The molecule has 1 aliphatic heterocycles. The molecule has 1 amide bonds. The molecule has 0 aliphatic carbocycles. The zero-order valence-electron chi connectivity index (χ0n) is 18.1. The first kappa shape index (κ1) is 21.3. The fraction of sp³-hybridized carbons (Fsp3) is 0.304. The van der Waals surface area contributed by atoms with Gasteiger partial charge in [-0.25, -0.2) is 4.98 Å². The summed E-state index contributed by atoms with van der Waals surface area (Å²) in [5.74, 6) is 0.871. The van der Waals surface area contributed by atoms with Crippen LogP contribution in [-0.2, 0) is 6.54 Å². The number of thioether (sulfide) groups is 1. The highest BCUT2D eigenvalue weighted by atomic mass is 32.2. The summed E-state index contributed by atoms with van der Waals surface area (Å²) >= 11 is 1.80. The van der Waals surface area contributed by atoms with Crippen LogP contribution in [0, 0.1) is 0 Å². The SMILES string of the molecule is COc1ccc(C(=O)Nc2ccccc2-c2cn3c(n2)SC(CN(C)C)C3)cc1OC. The molecule has 7 nitrogen and oxygen atoms in total. The Bertz CT molecular complexity index is 1070. The lowest BCUT2D eigenvalue weighted by Gasteiger charge is -2.14. The van der Waals surface area contributed by atoms with Gasteiger partial charge in [-0.15, -0.1) is 0 Å². The minimum absolute atomic E-state index is 0.222. The van der Waals surface area contributed by atoms with Crippen molar-refractivity contribution in [3.05, 3.63) is 54.2 Å². The molecule has 0 spiro atoms. The molecular weight excluding hydrogens is 412 g/mol. The molecule has 2 aromatic carbocycles. The van der Waals surface area contributed by atoms with E-state index in [0.29, 0.717) is 28.0 Å². The topological polar surface area (TPSA) is 68.6 Å². The van der Waals surface area contributed by atoms with Gasteiger partial charge in [-0.05, 0) is 38.4 Å². The molecule has 1 N–H and O–H groups in total. The van der Waals surface area contributed by atoms with Gasteiger partial charge in [-0.2, -0.15) is 0 Å². The van der Waals surface area contributed by atoms with Crippen molar-refractivity contribution in [3.63, 3.8) is 0 Å². The van der Waals surface area contributed by atoms with Gasteiger partial charge < -0.3 is 24.3 Å². The quantitative estimate of drug-likeness (QED) is 0.604. The molecule has 8 heteroatoms. The number of hydrogen-bond donors (Lipinski definition) is 1. The van der Waals surface area contributed by atoms with Crippen LogP contribution in [0.25, 0.3) is 11.3 Å². The van der Waals surface area contributed by atoms with E-state index in [0.717, 1.165) is 29.5 Å². The van der Waals surface area contributed by atoms with Gasteiger partial charge in [0.15, 0.2) is 16.7 Å². The summed E-state index contributed by atoms with van der Waals surface area (Å²) in [5, 5.41) is 4.54. The smallest absolute Gasteiger partial charge is 0.255 e. The molecule has 0 saturated heterocycles. The number of hydrogen-bond acceptors (Lipinski definition) is 6. The molecule has 162 valence electrons. The Labute approximate surface area is 186 Å². The maximum Gasteiger partial charge on any atom is 0.255 e. The molecule has 0 saturated carbocycles. The molecule has 31 heavy (non-hydrogen) atoms. The van der Waals surface area contributed by atoms with Gasteiger partial charge in [-0.3, -0.25) is 4.79 Å². The van der Waals surface area contributed by atoms with E-state index in [2.05, 4.69) is 35.1 Å². The van der Waals surface area contributed by atoms with Crippen LogP contribution in [0.4, 0.5) is 5.69 Å². The van der Waals surface area contributed by atoms with E-state index in [-0.39, 0.29) is 5.91 Å². The summed E-state index contributed by atoms with van der Waals surface area (Å²) in [5.41, 5.74) is 2.95. The Morgan fingerprint density at radius 1 is 1.19 bits per heavy atom. The minimum atomic E-state index is -0.222. The summed E-state index contributed by atoms with van der Waals surface area (Å²) in [6, 6.07) is 12.8. The van der Waals surface area contributed by atoms with E-state index >= 15 is 0 Å². The van der Waals surface area contributed by atoms with Crippen LogP contribution < -0.4 is 14.8 Å². The molecular formula is C23H26N4O3S. The van der Waals surface area contributed by atoms with Crippen LogP contribution in [-0.4, -0.2) is 60.5 Å². The molecule has 1 aromatic heterocycles. The monoisotopic (exact) mass is 438 g/mol. The summed E-state index contributed by atoms with van der Waals surface area (Å²) in [7, 11) is 7.29. The van der Waals surface area contributed by atoms with E-state index in [9.17, 15) is 4.79 Å². The molecule has 1 atom stereocenters. The highest BCUT2D eigenvalue weighted by Gasteiger charge is 2.25. The average molecular weight is 439 g/mol. The van der Waals surface area contributed by atoms with Crippen LogP contribution in [0.2, 0.25) is 0 Å². The van der Waals surface area contributed by atoms with E-state index < -0.39 is 0 Å². The first-order valence-corrected chi connectivity index (χ1v) is 10.9. The van der Waals surface area contributed by atoms with Crippen LogP contribution in [0.3, 0.4) is 0 Å². The fourth-order valence-corrected chi connectivity index (χ4v) is 4.97. The Morgan fingerprint density at radius 2 is 1.97 bits per heavy atom. The van der Waals surface area contributed by atoms with Gasteiger partial charge in [0.25, 0.3) is 5.91 Å². The average Bonchev–Trinajstić information content (AvgIpc) is 3.31. The first-order chi connectivity index (χ1) is 15.0. The largest absolute Gasteiger partial charge is 0.493 e. The third kappa shape index (κ3) is 4.55. The second kappa shape index (κ2) is 9.03. The van der Waals surface area contributed by atoms with Gasteiger partial charge in [0.05, 0.1) is 25.6 Å². The number of carbonyl (C=O) groups is 1. The third-order valence-corrected chi connectivity index (χ3v) is 6.25. The lowest BCUT2D eigenvalue weighted by Crippen LogP contribution is -2.24. The summed E-state index contributed by atoms with van der Waals surface area (Å²) in [6.45, 7) is 1.95. The first-order valence-electron chi connectivity index (χ1n) is 10.00. The third-order valence-electron chi connectivity index (χ3n) is 5.08. The zero-order chi connectivity index (χ0) is 22.0. The number of aromatic nitrogens is 2. The molecule has 1 unspecified atom stereocenters. The van der Waals surface area contributed by atoms with E-state index in [1.165, 1.54) is 0 Å². The van der Waals surface area contributed by atoms with Crippen molar-refractivity contribution in [2.24, 2.45) is 0 Å². The second-order valence-corrected chi connectivity index (χ2v) is 8.90. The lowest BCUT2D eigenvalue weighted by molar-refractivity contribution is 0.102. The standard InChI is InChI=1S/C23H26N4O3S/c1-26(2)12-16-13-27-14-19(25-23(27)31-16)17-7-5-6-8-18(17)24-22(28)15-9-10-20(29-3)21(11-15)30-4/h5-11,14,16H,12-13H2,1-4H3,(H,24,28). The Hall–Kier alpha value is -2.97. The summed E-state index contributed by atoms with van der Waals surface area (Å²) in [4.78, 5) is 19.9. The van der Waals surface area contributed by atoms with Crippen LogP contribution >= 0.6 is 11.8 Å². The van der Waals surface area contributed by atoms with Crippen molar-refractivity contribution in [3.8, 4) is 22.8 Å². The number of methoxy groups -OCH3 is 2. The van der Waals surface area contributed by atoms with Gasteiger partial charge in [0.1, 0.15) is 0 Å². The number of nitrogens with zero attached hydrogens (tertiary/aromatic N) is 3. The molecule has 2 heterocycles. The highest BCUT2D eigenvalue weighted by molar-refractivity contribution is 8.00. The van der Waals surface area contributed by atoms with Gasteiger partial charge in [0.2, 0.25) is 0 Å². The number of nitrogens with one attached hydrogen (secondary N) is 1. The fourth-order valence-electron chi connectivity index (χ4n) is 3.65. The van der Waals surface area contributed by atoms with E-state index in [4.69, 9.17) is 14.5 Å². The number of fused-ring (bicyclic) bond motifs is 1. The van der Waals surface area contributed by atoms with Crippen LogP contribution in [0.5, 0.6) is 11.5 Å². The van der Waals surface area contributed by atoms with Crippen molar-refractivity contribution in [1.29, 1.82) is 0 Å². The van der Waals surface area contributed by atoms with E-state index in [1.54, 1.807) is 44.2 Å². The highest BCUT2D eigenvalue weighted by Crippen LogP contribution is 2.36. The predicted octanol–water partition coefficient (Wildman–Crippen LogP) is 3.86. The summed E-state index contributed by atoms with van der Waals surface area (Å²) in [6.07, 6.45) is 2.07. The molecule has 0 bridgehead atoms. The number of imidazole rings is 1. The minimum Gasteiger partial charge on any atom is -0.493 e. The number of carbonyl (C=O) groups excluding carboxylic acids is 1. The predicted molar refractivity (Wildman–Crippen MR) is 123 cm³/mol. The van der Waals surface area contributed by atoms with Crippen molar-refractivity contribution in [2.45, 2.75) is 17.0 Å². The number of ether oxygens (including phenoxy) is 2. The van der Waals surface area contributed by atoms with Crippen LogP contribution in [0.15, 0.2) is 53.8 Å². The number of benzene rings is 2. The van der Waals surface area contributed by atoms with E-state index in [1.807, 2.05) is 24.3 Å². The molecule has 3 aromatic rings. The van der Waals surface area contributed by atoms with Crippen molar-refractivity contribution in [2.75, 3.05) is 40.2 Å². The lowest BCUT2D eigenvalue weighted by atomic mass is 10.1. The summed E-state index contributed by atoms with van der Waals surface area (Å²) < 4.78 is 12.8. The normalized spacial score (nSPS) is 15.1. The Morgan fingerprint density at radius 3 is 2.68 bits per heavy atom. The molecule has 0 fully saturated rings. The Kier molecular flexibility index (Phi) is 6.20. The number of amides is 1. The molecule has 4 rings (SSSR count). The zero-order valence-corrected chi connectivity index (χ0v) is 18.9. The van der Waals surface area contributed by atoms with Crippen molar-refractivity contribution < 1.29 is 14.3 Å². The molecule has 0 radical (unpaired) electrons. The van der Waals surface area contributed by atoms with Gasteiger partial charge in [-0.1, -0.05) is 30.0 Å². The second-order valence-electron chi connectivity index (χ2n) is 7.63. The van der Waals surface area contributed by atoms with Crippen molar-refractivity contribution in [1.82, 2.24) is 14.5 Å². The van der Waals surface area contributed by atoms with Crippen molar-refractivity contribution >= 4 is 23.4 Å². The maximum absolute atomic E-state index is 12.9. The van der Waals surface area contributed by atoms with Gasteiger partial charge >= 0.3 is 0 Å². The maximum atomic E-state index is 12.9.